The largest absolute Gasteiger partial charge is 0.377 e. The summed E-state index contributed by atoms with van der Waals surface area (Å²) >= 11 is 0. The summed E-state index contributed by atoms with van der Waals surface area (Å²) in [7, 11) is 0. The van der Waals surface area contributed by atoms with Crippen molar-refractivity contribution >= 4 is 5.91 Å². The molecule has 0 unspecified atom stereocenters. The lowest BCUT2D eigenvalue weighted by molar-refractivity contribution is -0.127. The number of rotatable bonds is 6. The number of ether oxygens (including phenoxy) is 1. The lowest BCUT2D eigenvalue weighted by atomic mass is 9.83. The topological polar surface area (TPSA) is 93.0 Å². The summed E-state index contributed by atoms with van der Waals surface area (Å²) in [4.78, 5) is 12.3. The van der Waals surface area contributed by atoms with Crippen LogP contribution in [0.2, 0.25) is 0 Å². The number of nitrogens with zero attached hydrogens (tertiary/aromatic N) is 1. The molecule has 1 aromatic rings. The van der Waals surface area contributed by atoms with Gasteiger partial charge in [-0.3, -0.25) is 9.89 Å². The van der Waals surface area contributed by atoms with Crippen LogP contribution < -0.4 is 11.1 Å². The average molecular weight is 308 g/mol. The van der Waals surface area contributed by atoms with Crippen LogP contribution in [0.5, 0.6) is 0 Å². The summed E-state index contributed by atoms with van der Waals surface area (Å²) in [5, 5.41) is 10.1. The molecule has 0 aromatic carbocycles. The van der Waals surface area contributed by atoms with E-state index in [9.17, 15) is 4.79 Å². The minimum absolute atomic E-state index is 0.0102. The Hall–Kier alpha value is -1.40. The summed E-state index contributed by atoms with van der Waals surface area (Å²) < 4.78 is 5.75. The second-order valence-corrected chi connectivity index (χ2v) is 6.21. The van der Waals surface area contributed by atoms with Crippen LogP contribution in [-0.2, 0) is 16.1 Å². The standard InChI is InChI=1S/C16H28N4O2/c1-4-7-22-15-6-5-12(8-14(15)17)16(21)18-9-13-10(2)19-20-11(13)3/h12,14-15H,4-9,17H2,1-3H3,(H,18,21)(H,19,20)/t12-,14+,15+/m0/s1. The molecule has 0 saturated heterocycles. The van der Waals surface area contributed by atoms with Crippen LogP contribution in [0.15, 0.2) is 0 Å². The first-order valence-corrected chi connectivity index (χ1v) is 8.18. The number of aryl methyl sites for hydroxylation is 2. The van der Waals surface area contributed by atoms with E-state index in [1.165, 1.54) is 0 Å². The van der Waals surface area contributed by atoms with Crippen LogP contribution in [0.25, 0.3) is 0 Å². The third-order valence-electron chi connectivity index (χ3n) is 4.46. The van der Waals surface area contributed by atoms with Crippen LogP contribution in [-0.4, -0.2) is 34.9 Å². The zero-order chi connectivity index (χ0) is 16.1. The van der Waals surface area contributed by atoms with Gasteiger partial charge in [-0.25, -0.2) is 0 Å². The Labute approximate surface area is 132 Å². The monoisotopic (exact) mass is 308 g/mol. The van der Waals surface area contributed by atoms with Crippen molar-refractivity contribution in [3.8, 4) is 0 Å². The molecule has 22 heavy (non-hydrogen) atoms. The summed E-state index contributed by atoms with van der Waals surface area (Å²) in [6.45, 7) is 7.26. The molecule has 2 rings (SSSR count). The average Bonchev–Trinajstić information content (AvgIpc) is 2.82. The number of nitrogens with two attached hydrogens (primary N) is 1. The Balaban J connectivity index is 1.82. The van der Waals surface area contributed by atoms with Gasteiger partial charge in [-0.2, -0.15) is 5.10 Å². The number of amides is 1. The van der Waals surface area contributed by atoms with Crippen LogP contribution >= 0.6 is 0 Å². The maximum absolute atomic E-state index is 12.3. The maximum atomic E-state index is 12.3. The van der Waals surface area contributed by atoms with Crippen molar-refractivity contribution in [1.29, 1.82) is 0 Å². The van der Waals surface area contributed by atoms with E-state index >= 15 is 0 Å². The van der Waals surface area contributed by atoms with Crippen molar-refractivity contribution < 1.29 is 9.53 Å². The molecular formula is C16H28N4O2. The van der Waals surface area contributed by atoms with Crippen LogP contribution in [0.3, 0.4) is 0 Å². The number of nitrogens with one attached hydrogen (secondary N) is 2. The number of aromatic amines is 1. The second kappa shape index (κ2) is 7.74. The number of carbonyl (C=O) groups is 1. The van der Waals surface area contributed by atoms with Gasteiger partial charge in [-0.15, -0.1) is 0 Å². The van der Waals surface area contributed by atoms with E-state index in [1.807, 2.05) is 13.8 Å². The Bertz CT molecular complexity index is 481. The zero-order valence-corrected chi connectivity index (χ0v) is 13.8. The number of carbonyl (C=O) groups excluding carboxylic acids is 1. The fraction of sp³-hybridized carbons (Fsp3) is 0.750. The van der Waals surface area contributed by atoms with E-state index in [0.717, 1.165) is 42.8 Å². The molecule has 1 amide bonds. The summed E-state index contributed by atoms with van der Waals surface area (Å²) in [5.41, 5.74) is 9.18. The highest BCUT2D eigenvalue weighted by Gasteiger charge is 2.32. The maximum Gasteiger partial charge on any atom is 0.223 e. The Morgan fingerprint density at radius 2 is 2.23 bits per heavy atom. The van der Waals surface area contributed by atoms with E-state index < -0.39 is 0 Å². The first kappa shape index (κ1) is 17.0. The molecule has 124 valence electrons. The first-order valence-electron chi connectivity index (χ1n) is 8.18. The number of hydrogen-bond acceptors (Lipinski definition) is 4. The van der Waals surface area contributed by atoms with Gasteiger partial charge in [0.15, 0.2) is 0 Å². The van der Waals surface area contributed by atoms with Crippen molar-refractivity contribution in [3.05, 3.63) is 17.0 Å². The van der Waals surface area contributed by atoms with E-state index in [4.69, 9.17) is 10.5 Å². The molecule has 0 bridgehead atoms. The van der Waals surface area contributed by atoms with Crippen LogP contribution in [0, 0.1) is 19.8 Å². The van der Waals surface area contributed by atoms with Gasteiger partial charge in [0.1, 0.15) is 0 Å². The lowest BCUT2D eigenvalue weighted by Crippen LogP contribution is -2.46. The molecule has 0 spiro atoms. The smallest absolute Gasteiger partial charge is 0.223 e. The minimum atomic E-state index is -0.0477. The van der Waals surface area contributed by atoms with Crippen molar-refractivity contribution in [2.75, 3.05) is 6.61 Å². The second-order valence-electron chi connectivity index (χ2n) is 6.21. The fourth-order valence-electron chi connectivity index (χ4n) is 3.05. The molecule has 1 heterocycles. The number of aromatic nitrogens is 2. The predicted octanol–water partition coefficient (Wildman–Crippen LogP) is 1.57. The van der Waals surface area contributed by atoms with Gasteiger partial charge in [0.25, 0.3) is 0 Å². The quantitative estimate of drug-likeness (QED) is 0.743. The van der Waals surface area contributed by atoms with Crippen LogP contribution in [0.1, 0.15) is 49.6 Å². The SMILES string of the molecule is CCCO[C@@H]1CC[C@H](C(=O)NCc2c(C)n[nH]c2C)C[C@H]1N. The molecule has 1 aromatic heterocycles. The van der Waals surface area contributed by atoms with Gasteiger partial charge in [0.05, 0.1) is 11.8 Å². The molecule has 6 heteroatoms. The summed E-state index contributed by atoms with van der Waals surface area (Å²) in [6.07, 6.45) is 3.50. The van der Waals surface area contributed by atoms with E-state index in [-0.39, 0.29) is 24.0 Å². The molecule has 0 radical (unpaired) electrons. The molecule has 1 aliphatic rings. The lowest BCUT2D eigenvalue weighted by Gasteiger charge is -2.33. The third kappa shape index (κ3) is 4.08. The fourth-order valence-corrected chi connectivity index (χ4v) is 3.05. The van der Waals surface area contributed by atoms with E-state index in [2.05, 4.69) is 22.4 Å². The number of hydrogen-bond donors (Lipinski definition) is 3. The van der Waals surface area contributed by atoms with Gasteiger partial charge in [0.2, 0.25) is 5.91 Å². The van der Waals surface area contributed by atoms with E-state index in [1.54, 1.807) is 0 Å². The normalized spacial score (nSPS) is 25.2. The molecule has 6 nitrogen and oxygen atoms in total. The predicted molar refractivity (Wildman–Crippen MR) is 85.3 cm³/mol. The molecule has 0 aliphatic heterocycles. The third-order valence-corrected chi connectivity index (χ3v) is 4.46. The van der Waals surface area contributed by atoms with E-state index in [0.29, 0.717) is 13.0 Å². The minimum Gasteiger partial charge on any atom is -0.377 e. The van der Waals surface area contributed by atoms with Crippen molar-refractivity contribution in [1.82, 2.24) is 15.5 Å². The van der Waals surface area contributed by atoms with Crippen molar-refractivity contribution in [3.63, 3.8) is 0 Å². The van der Waals surface area contributed by atoms with Crippen LogP contribution in [0.4, 0.5) is 0 Å². The Kier molecular flexibility index (Phi) is 5.97. The zero-order valence-electron chi connectivity index (χ0n) is 13.8. The van der Waals surface area contributed by atoms with Crippen molar-refractivity contribution in [2.24, 2.45) is 11.7 Å². The highest BCUT2D eigenvalue weighted by atomic mass is 16.5. The molecule has 3 atom stereocenters. The molecule has 1 saturated carbocycles. The van der Waals surface area contributed by atoms with Gasteiger partial charge in [-0.05, 0) is 39.5 Å². The van der Waals surface area contributed by atoms with Gasteiger partial charge >= 0.3 is 0 Å². The molecular weight excluding hydrogens is 280 g/mol. The van der Waals surface area contributed by atoms with Crippen molar-refractivity contribution in [2.45, 2.75) is 65.1 Å². The molecule has 4 N–H and O–H groups in total. The highest BCUT2D eigenvalue weighted by Crippen LogP contribution is 2.26. The number of H-pyrrole nitrogens is 1. The molecule has 1 fully saturated rings. The van der Waals surface area contributed by atoms with Gasteiger partial charge < -0.3 is 15.8 Å². The highest BCUT2D eigenvalue weighted by molar-refractivity contribution is 5.78. The Morgan fingerprint density at radius 3 is 2.82 bits per heavy atom. The first-order chi connectivity index (χ1) is 10.5. The molecule has 1 aliphatic carbocycles. The summed E-state index contributed by atoms with van der Waals surface area (Å²) in [6, 6.07) is -0.0477. The Morgan fingerprint density at radius 1 is 1.45 bits per heavy atom. The van der Waals surface area contributed by atoms with Gasteiger partial charge in [0, 0.05) is 36.4 Å². The van der Waals surface area contributed by atoms with Gasteiger partial charge in [-0.1, -0.05) is 6.92 Å². The summed E-state index contributed by atoms with van der Waals surface area (Å²) in [5.74, 6) is 0.0772.